The monoisotopic (exact) mass is 335 g/mol. The first-order valence-electron chi connectivity index (χ1n) is 7.17. The Morgan fingerprint density at radius 3 is 2.91 bits per heavy atom. The summed E-state index contributed by atoms with van der Waals surface area (Å²) in [5.74, 6) is -1.35. The number of amides is 1. The number of carboxylic acids is 1. The van der Waals surface area contributed by atoms with Crippen molar-refractivity contribution in [1.29, 1.82) is 0 Å². The molecule has 3 rings (SSSR count). The Bertz CT molecular complexity index is 739. The molecule has 0 saturated carbocycles. The summed E-state index contributed by atoms with van der Waals surface area (Å²) in [4.78, 5) is 32.6. The van der Waals surface area contributed by atoms with E-state index >= 15 is 0 Å². The van der Waals surface area contributed by atoms with Crippen molar-refractivity contribution < 1.29 is 19.4 Å². The Kier molecular flexibility index (Phi) is 4.18. The molecule has 7 nitrogen and oxygen atoms in total. The number of carboxylic acid groups (broad SMARTS) is 1. The van der Waals surface area contributed by atoms with E-state index in [1.54, 1.807) is 12.3 Å². The molecule has 1 aliphatic rings. The summed E-state index contributed by atoms with van der Waals surface area (Å²) in [5, 5.41) is 12.2. The highest BCUT2D eigenvalue weighted by atomic mass is 32.1. The van der Waals surface area contributed by atoms with Crippen LogP contribution in [0.25, 0.3) is 11.3 Å². The van der Waals surface area contributed by atoms with Gasteiger partial charge in [0.25, 0.3) is 5.91 Å². The number of thiazole rings is 1. The highest BCUT2D eigenvalue weighted by molar-refractivity contribution is 7.09. The van der Waals surface area contributed by atoms with Gasteiger partial charge in [0.05, 0.1) is 16.8 Å². The Morgan fingerprint density at radius 2 is 2.30 bits per heavy atom. The number of hydrogen-bond donors (Lipinski definition) is 2. The summed E-state index contributed by atoms with van der Waals surface area (Å²) in [7, 11) is 1.52. The van der Waals surface area contributed by atoms with Gasteiger partial charge in [-0.15, -0.1) is 11.3 Å². The minimum atomic E-state index is -1.01. The summed E-state index contributed by atoms with van der Waals surface area (Å²) < 4.78 is 5.21. The first-order valence-corrected chi connectivity index (χ1v) is 8.05. The number of aromatic nitrogens is 2. The lowest BCUT2D eigenvalue weighted by Crippen LogP contribution is -2.40. The van der Waals surface area contributed by atoms with Crippen molar-refractivity contribution in [2.75, 3.05) is 13.7 Å². The van der Waals surface area contributed by atoms with Crippen LogP contribution in [0, 0.1) is 6.92 Å². The fourth-order valence-electron chi connectivity index (χ4n) is 2.74. The second kappa shape index (κ2) is 6.13. The quantitative estimate of drug-likeness (QED) is 0.888. The summed E-state index contributed by atoms with van der Waals surface area (Å²) >= 11 is 1.54. The lowest BCUT2D eigenvalue weighted by molar-refractivity contribution is -0.141. The van der Waals surface area contributed by atoms with Gasteiger partial charge in [-0.3, -0.25) is 4.79 Å². The largest absolute Gasteiger partial charge is 0.480 e. The van der Waals surface area contributed by atoms with Gasteiger partial charge in [0.15, 0.2) is 0 Å². The maximum absolute atomic E-state index is 12.6. The average Bonchev–Trinajstić information content (AvgIpc) is 3.24. The van der Waals surface area contributed by atoms with E-state index in [9.17, 15) is 14.7 Å². The van der Waals surface area contributed by atoms with E-state index in [0.29, 0.717) is 12.1 Å². The number of carbonyl (C=O) groups is 2. The number of carbonyl (C=O) groups excluding carboxylic acids is 1. The van der Waals surface area contributed by atoms with Gasteiger partial charge < -0.3 is 19.7 Å². The molecule has 1 amide bonds. The number of ether oxygens (including phenoxy) is 1. The van der Waals surface area contributed by atoms with Gasteiger partial charge in [-0.1, -0.05) is 0 Å². The van der Waals surface area contributed by atoms with Crippen LogP contribution in [0.3, 0.4) is 0 Å². The van der Waals surface area contributed by atoms with Crippen LogP contribution in [0.5, 0.6) is 0 Å². The van der Waals surface area contributed by atoms with Crippen molar-refractivity contribution in [3.63, 3.8) is 0 Å². The maximum atomic E-state index is 12.6. The lowest BCUT2D eigenvalue weighted by atomic mass is 10.2. The first kappa shape index (κ1) is 15.7. The Labute approximate surface area is 136 Å². The lowest BCUT2D eigenvalue weighted by Gasteiger charge is -2.20. The predicted octanol–water partition coefficient (Wildman–Crippen LogP) is 1.76. The van der Waals surface area contributed by atoms with E-state index < -0.39 is 12.0 Å². The normalized spacial score (nSPS) is 20.9. The van der Waals surface area contributed by atoms with Crippen LogP contribution in [0.1, 0.15) is 21.9 Å². The predicted molar refractivity (Wildman–Crippen MR) is 84.5 cm³/mol. The van der Waals surface area contributed by atoms with Gasteiger partial charge in [0, 0.05) is 37.2 Å². The standard InChI is InChI=1S/C15H17N3O4S/c1-8-17-12(7-23-8)9-3-11(16-5-9)14(19)18-6-10(22-2)4-13(18)15(20)21/h3,5,7,10,13,16H,4,6H2,1-2H3,(H,20,21). The molecule has 2 atom stereocenters. The fraction of sp³-hybridized carbons (Fsp3) is 0.400. The van der Waals surface area contributed by atoms with Crippen molar-refractivity contribution >= 4 is 23.2 Å². The molecule has 0 bridgehead atoms. The molecule has 1 saturated heterocycles. The minimum Gasteiger partial charge on any atom is -0.480 e. The average molecular weight is 335 g/mol. The Morgan fingerprint density at radius 1 is 1.52 bits per heavy atom. The number of likely N-dealkylation sites (tertiary alicyclic amines) is 1. The zero-order chi connectivity index (χ0) is 16.6. The van der Waals surface area contributed by atoms with Gasteiger partial charge in [-0.25, -0.2) is 9.78 Å². The Balaban J connectivity index is 1.82. The van der Waals surface area contributed by atoms with Crippen LogP contribution < -0.4 is 0 Å². The molecule has 0 radical (unpaired) electrons. The highest BCUT2D eigenvalue weighted by Crippen LogP contribution is 2.26. The smallest absolute Gasteiger partial charge is 0.326 e. The van der Waals surface area contributed by atoms with E-state index in [0.717, 1.165) is 16.3 Å². The van der Waals surface area contributed by atoms with Crippen molar-refractivity contribution in [2.45, 2.75) is 25.5 Å². The van der Waals surface area contributed by atoms with E-state index in [1.807, 2.05) is 12.3 Å². The summed E-state index contributed by atoms with van der Waals surface area (Å²) in [6.07, 6.45) is 1.76. The van der Waals surface area contributed by atoms with Gasteiger partial charge in [-0.2, -0.15) is 0 Å². The van der Waals surface area contributed by atoms with Crippen molar-refractivity contribution in [1.82, 2.24) is 14.9 Å². The molecular weight excluding hydrogens is 318 g/mol. The molecule has 2 aromatic rings. The van der Waals surface area contributed by atoms with E-state index in [2.05, 4.69) is 9.97 Å². The third kappa shape index (κ3) is 2.99. The van der Waals surface area contributed by atoms with Crippen LogP contribution in [0.2, 0.25) is 0 Å². The molecule has 2 unspecified atom stereocenters. The number of methoxy groups -OCH3 is 1. The van der Waals surface area contributed by atoms with Gasteiger partial charge in [0.1, 0.15) is 11.7 Å². The van der Waals surface area contributed by atoms with Gasteiger partial charge in [0.2, 0.25) is 0 Å². The number of aromatic amines is 1. The molecule has 2 N–H and O–H groups in total. The van der Waals surface area contributed by atoms with E-state index in [-0.39, 0.29) is 18.6 Å². The molecular formula is C15H17N3O4S. The molecule has 1 aliphatic heterocycles. The van der Waals surface area contributed by atoms with Crippen LogP contribution in [-0.4, -0.2) is 57.7 Å². The zero-order valence-corrected chi connectivity index (χ0v) is 13.6. The fourth-order valence-corrected chi connectivity index (χ4v) is 3.37. The Hall–Kier alpha value is -2.19. The molecule has 8 heteroatoms. The highest BCUT2D eigenvalue weighted by Gasteiger charge is 2.40. The molecule has 23 heavy (non-hydrogen) atoms. The van der Waals surface area contributed by atoms with Crippen LogP contribution in [0.15, 0.2) is 17.6 Å². The van der Waals surface area contributed by atoms with Crippen molar-refractivity contribution in [3.05, 3.63) is 28.3 Å². The molecule has 2 aromatic heterocycles. The van der Waals surface area contributed by atoms with Crippen LogP contribution in [0.4, 0.5) is 0 Å². The summed E-state index contributed by atoms with van der Waals surface area (Å²) in [6, 6.07) is 0.844. The van der Waals surface area contributed by atoms with Crippen LogP contribution >= 0.6 is 11.3 Å². The number of nitrogens with zero attached hydrogens (tertiary/aromatic N) is 2. The van der Waals surface area contributed by atoms with Gasteiger partial charge in [-0.05, 0) is 13.0 Å². The van der Waals surface area contributed by atoms with E-state index in [4.69, 9.17) is 4.74 Å². The number of hydrogen-bond acceptors (Lipinski definition) is 5. The topological polar surface area (TPSA) is 95.5 Å². The number of H-pyrrole nitrogens is 1. The summed E-state index contributed by atoms with van der Waals surface area (Å²) in [5.41, 5.74) is 1.97. The number of aryl methyl sites for hydroxylation is 1. The number of aliphatic carboxylic acids is 1. The minimum absolute atomic E-state index is 0.254. The first-order chi connectivity index (χ1) is 11.0. The SMILES string of the molecule is COC1CC(C(=O)O)N(C(=O)c2cc(-c3csc(C)n3)c[nH]2)C1. The van der Waals surface area contributed by atoms with Crippen molar-refractivity contribution in [3.8, 4) is 11.3 Å². The number of nitrogens with one attached hydrogen (secondary N) is 1. The third-order valence-corrected chi connectivity index (χ3v) is 4.74. The van der Waals surface area contributed by atoms with Crippen LogP contribution in [-0.2, 0) is 9.53 Å². The number of rotatable bonds is 4. The second-order valence-corrected chi connectivity index (χ2v) is 6.52. The van der Waals surface area contributed by atoms with Crippen molar-refractivity contribution in [2.24, 2.45) is 0 Å². The zero-order valence-electron chi connectivity index (χ0n) is 12.8. The second-order valence-electron chi connectivity index (χ2n) is 5.46. The van der Waals surface area contributed by atoms with Gasteiger partial charge >= 0.3 is 5.97 Å². The molecule has 1 fully saturated rings. The molecule has 122 valence electrons. The molecule has 0 spiro atoms. The third-order valence-electron chi connectivity index (χ3n) is 3.97. The molecule has 0 aromatic carbocycles. The van der Waals surface area contributed by atoms with E-state index in [1.165, 1.54) is 23.3 Å². The summed E-state index contributed by atoms with van der Waals surface area (Å²) in [6.45, 7) is 2.19. The maximum Gasteiger partial charge on any atom is 0.326 e. The molecule has 3 heterocycles. The molecule has 0 aliphatic carbocycles.